The maximum Gasteiger partial charge on any atom is 0.224 e. The summed E-state index contributed by atoms with van der Waals surface area (Å²) >= 11 is 0. The Labute approximate surface area is 141 Å². The number of hydrogen-bond donors (Lipinski definition) is 2. The smallest absolute Gasteiger partial charge is 0.224 e. The van der Waals surface area contributed by atoms with Crippen LogP contribution < -0.4 is 4.73 Å². The van der Waals surface area contributed by atoms with E-state index in [2.05, 4.69) is 11.8 Å². The van der Waals surface area contributed by atoms with Crippen molar-refractivity contribution in [2.75, 3.05) is 13.1 Å². The predicted octanol–water partition coefficient (Wildman–Crippen LogP) is 2.33. The van der Waals surface area contributed by atoms with Crippen LogP contribution in [0.15, 0.2) is 30.5 Å². The van der Waals surface area contributed by atoms with Crippen LogP contribution in [0.1, 0.15) is 37.9 Å². The van der Waals surface area contributed by atoms with Crippen molar-refractivity contribution in [3.8, 4) is 5.75 Å². The second kappa shape index (κ2) is 5.90. The number of aromatic nitrogens is 1. The van der Waals surface area contributed by atoms with Gasteiger partial charge in [0.25, 0.3) is 0 Å². The number of hydrogen-bond acceptors (Lipinski definition) is 4. The first-order chi connectivity index (χ1) is 11.6. The lowest BCUT2D eigenvalue weighted by molar-refractivity contribution is -0.577. The highest BCUT2D eigenvalue weighted by Crippen LogP contribution is 2.42. The molecule has 0 radical (unpaired) electrons. The first-order valence-corrected chi connectivity index (χ1v) is 8.85. The molecule has 5 heteroatoms. The van der Waals surface area contributed by atoms with Crippen molar-refractivity contribution in [1.82, 2.24) is 4.90 Å². The zero-order valence-electron chi connectivity index (χ0n) is 13.9. The van der Waals surface area contributed by atoms with E-state index in [1.54, 1.807) is 18.2 Å². The summed E-state index contributed by atoms with van der Waals surface area (Å²) in [4.78, 5) is 2.41. The van der Waals surface area contributed by atoms with E-state index in [0.29, 0.717) is 16.8 Å². The van der Waals surface area contributed by atoms with Crippen molar-refractivity contribution in [3.05, 3.63) is 41.2 Å². The Hall–Kier alpha value is -1.85. The van der Waals surface area contributed by atoms with Crippen LogP contribution in [-0.4, -0.2) is 34.2 Å². The molecule has 5 rings (SSSR count). The molecule has 5 nitrogen and oxygen atoms in total. The lowest BCUT2D eigenvalue weighted by atomic mass is 9.72. The number of aliphatic hydroxyl groups is 1. The van der Waals surface area contributed by atoms with E-state index in [9.17, 15) is 15.4 Å². The summed E-state index contributed by atoms with van der Waals surface area (Å²) in [6, 6.07) is 6.48. The van der Waals surface area contributed by atoms with Crippen LogP contribution >= 0.6 is 0 Å². The fourth-order valence-corrected chi connectivity index (χ4v) is 4.70. The van der Waals surface area contributed by atoms with Crippen molar-refractivity contribution in [2.45, 2.75) is 38.3 Å². The fraction of sp³-hybridized carbons (Fsp3) is 0.526. The highest BCUT2D eigenvalue weighted by atomic mass is 16.5. The van der Waals surface area contributed by atoms with Gasteiger partial charge in [0.1, 0.15) is 5.75 Å². The monoisotopic (exact) mass is 328 g/mol. The van der Waals surface area contributed by atoms with Gasteiger partial charge in [0.2, 0.25) is 5.52 Å². The third-order valence-electron chi connectivity index (χ3n) is 6.06. The second-order valence-corrected chi connectivity index (χ2v) is 7.26. The quantitative estimate of drug-likeness (QED) is 0.670. The molecule has 128 valence electrons. The predicted molar refractivity (Wildman–Crippen MR) is 91.4 cm³/mol. The molecule has 4 heterocycles. The maximum absolute atomic E-state index is 12.0. The Bertz CT molecular complexity index is 764. The lowest BCUT2D eigenvalue weighted by Crippen LogP contribution is -2.55. The van der Waals surface area contributed by atoms with Crippen molar-refractivity contribution in [1.29, 1.82) is 0 Å². The molecule has 2 bridgehead atoms. The highest BCUT2D eigenvalue weighted by molar-refractivity contribution is 5.81. The molecule has 0 amide bonds. The van der Waals surface area contributed by atoms with E-state index in [1.165, 1.54) is 25.1 Å². The van der Waals surface area contributed by atoms with Gasteiger partial charge in [-0.05, 0) is 43.4 Å². The van der Waals surface area contributed by atoms with Crippen molar-refractivity contribution in [2.24, 2.45) is 11.8 Å². The van der Waals surface area contributed by atoms with Crippen LogP contribution in [0, 0.1) is 17.0 Å². The zero-order valence-corrected chi connectivity index (χ0v) is 13.9. The summed E-state index contributed by atoms with van der Waals surface area (Å²) in [5.41, 5.74) is 1.21. The van der Waals surface area contributed by atoms with Crippen molar-refractivity contribution in [3.63, 3.8) is 0 Å². The average Bonchev–Trinajstić information content (AvgIpc) is 2.61. The molecule has 1 aromatic carbocycles. The minimum absolute atomic E-state index is 0.0969. The van der Waals surface area contributed by atoms with Crippen LogP contribution in [0.5, 0.6) is 5.75 Å². The van der Waals surface area contributed by atoms with Crippen molar-refractivity contribution >= 4 is 10.9 Å². The molecule has 0 aliphatic carbocycles. The Morgan fingerprint density at radius 3 is 2.92 bits per heavy atom. The molecule has 0 saturated carbocycles. The van der Waals surface area contributed by atoms with Gasteiger partial charge in [-0.15, -0.1) is 0 Å². The van der Waals surface area contributed by atoms with Crippen LogP contribution in [-0.2, 0) is 0 Å². The maximum atomic E-state index is 12.0. The van der Waals surface area contributed by atoms with Crippen molar-refractivity contribution < 1.29 is 14.9 Å². The number of fused-ring (bicyclic) bond motifs is 4. The minimum atomic E-state index is -0.642. The van der Waals surface area contributed by atoms with E-state index in [0.717, 1.165) is 35.7 Å². The first kappa shape index (κ1) is 15.7. The summed E-state index contributed by atoms with van der Waals surface area (Å²) in [7, 11) is 0. The molecule has 2 N–H and O–H groups in total. The average molecular weight is 328 g/mol. The third kappa shape index (κ3) is 2.43. The minimum Gasteiger partial charge on any atom is -0.618 e. The largest absolute Gasteiger partial charge is 0.618 e. The number of rotatable bonds is 3. The van der Waals surface area contributed by atoms with Gasteiger partial charge in [0.15, 0.2) is 6.20 Å². The molecule has 3 fully saturated rings. The number of phenolic OH excluding ortho intramolecular Hbond substituents is 1. The molecule has 0 spiro atoms. The number of piperidine rings is 3. The van der Waals surface area contributed by atoms with Gasteiger partial charge in [0, 0.05) is 30.3 Å². The SMILES string of the molecule is CCC1CN2CCC1CC2[C@@H](O)c1cc[n+]([O-])c2ccc(O)cc12. The van der Waals surface area contributed by atoms with Gasteiger partial charge in [-0.2, -0.15) is 4.73 Å². The number of aliphatic hydroxyl groups excluding tert-OH is 1. The molecule has 2 aromatic rings. The van der Waals surface area contributed by atoms with Crippen LogP contribution in [0.25, 0.3) is 10.9 Å². The Kier molecular flexibility index (Phi) is 3.85. The molecule has 4 unspecified atom stereocenters. The summed E-state index contributed by atoms with van der Waals surface area (Å²) in [6.45, 7) is 4.35. The Morgan fingerprint density at radius 2 is 2.21 bits per heavy atom. The Morgan fingerprint density at radius 1 is 1.38 bits per heavy atom. The van der Waals surface area contributed by atoms with E-state index in [4.69, 9.17) is 0 Å². The fourth-order valence-electron chi connectivity index (χ4n) is 4.70. The summed E-state index contributed by atoms with van der Waals surface area (Å²) in [5, 5.41) is 33.5. The van der Waals surface area contributed by atoms with Gasteiger partial charge < -0.3 is 15.4 Å². The molecule has 3 aliphatic rings. The molecule has 24 heavy (non-hydrogen) atoms. The third-order valence-corrected chi connectivity index (χ3v) is 6.06. The van der Waals surface area contributed by atoms with E-state index >= 15 is 0 Å². The number of pyridine rings is 1. The van der Waals surface area contributed by atoms with Gasteiger partial charge in [-0.3, -0.25) is 4.90 Å². The summed E-state index contributed by atoms with van der Waals surface area (Å²) in [5.74, 6) is 1.54. The molecule has 3 aliphatic heterocycles. The number of aromatic hydroxyl groups is 1. The van der Waals surface area contributed by atoms with Crippen LogP contribution in [0.4, 0.5) is 0 Å². The van der Waals surface area contributed by atoms with Crippen LogP contribution in [0.3, 0.4) is 0 Å². The normalized spacial score (nSPS) is 30.6. The standard InChI is InChI=1S/C19H24N2O3/c1-2-12-11-20-7-5-13(12)9-18(20)19(23)15-6-8-21(24)17-4-3-14(22)10-16(15)17/h3-4,6,8,10,12-13,18-19,22-23H,2,5,7,9,11H2,1H3/t12?,13?,18?,19-/m0/s1. The second-order valence-electron chi connectivity index (χ2n) is 7.26. The van der Waals surface area contributed by atoms with Gasteiger partial charge in [-0.25, -0.2) is 0 Å². The van der Waals surface area contributed by atoms with Gasteiger partial charge in [-0.1, -0.05) is 13.3 Å². The van der Waals surface area contributed by atoms with E-state index < -0.39 is 6.10 Å². The molecule has 3 saturated heterocycles. The Balaban J connectivity index is 1.71. The van der Waals surface area contributed by atoms with E-state index in [1.807, 2.05) is 0 Å². The topological polar surface area (TPSA) is 70.6 Å². The number of benzene rings is 1. The first-order valence-electron chi connectivity index (χ1n) is 8.85. The molecular formula is C19H24N2O3. The zero-order chi connectivity index (χ0) is 16.8. The lowest BCUT2D eigenvalue weighted by Gasteiger charge is -2.51. The van der Waals surface area contributed by atoms with Gasteiger partial charge in [0.05, 0.1) is 11.5 Å². The number of phenols is 1. The van der Waals surface area contributed by atoms with E-state index in [-0.39, 0.29) is 11.8 Å². The number of nitrogens with zero attached hydrogens (tertiary/aromatic N) is 2. The summed E-state index contributed by atoms with van der Waals surface area (Å²) in [6.07, 6.45) is 4.23. The summed E-state index contributed by atoms with van der Waals surface area (Å²) < 4.78 is 0.783. The van der Waals surface area contributed by atoms with Gasteiger partial charge >= 0.3 is 0 Å². The molecular weight excluding hydrogens is 304 g/mol. The molecule has 1 aromatic heterocycles. The molecule has 5 atom stereocenters. The highest BCUT2D eigenvalue weighted by Gasteiger charge is 2.42. The van der Waals surface area contributed by atoms with Crippen LogP contribution in [0.2, 0.25) is 0 Å².